The summed E-state index contributed by atoms with van der Waals surface area (Å²) in [5.41, 5.74) is 0.643. The molecule has 1 aromatic carbocycles. The van der Waals surface area contributed by atoms with Crippen LogP contribution in [0.25, 0.3) is 0 Å². The van der Waals surface area contributed by atoms with Gasteiger partial charge < -0.3 is 4.74 Å². The number of carbonyl (C=O) groups excluding carboxylic acids is 1. The van der Waals surface area contributed by atoms with E-state index in [0.29, 0.717) is 0 Å². The Hall–Kier alpha value is -1.79. The lowest BCUT2D eigenvalue weighted by Gasteiger charge is -2.26. The van der Waals surface area contributed by atoms with E-state index in [4.69, 9.17) is 4.74 Å². The van der Waals surface area contributed by atoms with Crippen LogP contribution >= 0.6 is 0 Å². The van der Waals surface area contributed by atoms with Crippen molar-refractivity contribution < 1.29 is 9.53 Å². The molecule has 3 heteroatoms. The summed E-state index contributed by atoms with van der Waals surface area (Å²) in [4.78, 5) is 15.1. The zero-order chi connectivity index (χ0) is 16.7. The molecule has 0 spiro atoms. The van der Waals surface area contributed by atoms with Gasteiger partial charge in [-0.25, -0.2) is 0 Å². The van der Waals surface area contributed by atoms with Crippen molar-refractivity contribution in [1.29, 1.82) is 0 Å². The van der Waals surface area contributed by atoms with Gasteiger partial charge in [-0.05, 0) is 44.3 Å². The van der Waals surface area contributed by atoms with Gasteiger partial charge in [0.15, 0.2) is 6.61 Å². The predicted octanol–water partition coefficient (Wildman–Crippen LogP) is 3.53. The van der Waals surface area contributed by atoms with E-state index in [9.17, 15) is 4.79 Å². The lowest BCUT2D eigenvalue weighted by Crippen LogP contribution is -2.34. The molecule has 1 saturated carbocycles. The second kappa shape index (κ2) is 8.35. The van der Waals surface area contributed by atoms with Crippen LogP contribution in [0.2, 0.25) is 0 Å². The van der Waals surface area contributed by atoms with Crippen molar-refractivity contribution in [2.24, 2.45) is 0 Å². The van der Waals surface area contributed by atoms with Gasteiger partial charge in [0.25, 0.3) is 0 Å². The first-order valence-corrected chi connectivity index (χ1v) is 9.22. The third-order valence-electron chi connectivity index (χ3n) is 5.33. The highest BCUT2D eigenvalue weighted by atomic mass is 16.5. The molecule has 1 aliphatic heterocycles. The summed E-state index contributed by atoms with van der Waals surface area (Å²) in [6.07, 6.45) is 7.83. The molecule has 2 aliphatic rings. The number of hydrogen-bond donors (Lipinski definition) is 0. The van der Waals surface area contributed by atoms with Crippen LogP contribution in [0.4, 0.5) is 0 Å². The minimum absolute atomic E-state index is 0.0986. The zero-order valence-electron chi connectivity index (χ0n) is 14.4. The molecule has 24 heavy (non-hydrogen) atoms. The van der Waals surface area contributed by atoms with E-state index >= 15 is 0 Å². The molecule has 2 fully saturated rings. The van der Waals surface area contributed by atoms with E-state index in [1.807, 2.05) is 18.2 Å². The standard InChI is InChI=1S/C21H27NO2/c23-20(24-18-10-9-17-22-15-7-2-8-16-22)21(13-5-6-14-21)19-11-3-1-4-12-19/h1,3-4,11-12H,2,5-8,13-18H2. The van der Waals surface area contributed by atoms with Crippen molar-refractivity contribution in [3.05, 3.63) is 35.9 Å². The maximum absolute atomic E-state index is 12.7. The van der Waals surface area contributed by atoms with Gasteiger partial charge >= 0.3 is 5.97 Å². The fourth-order valence-electron chi connectivity index (χ4n) is 3.92. The molecule has 0 atom stereocenters. The topological polar surface area (TPSA) is 29.5 Å². The summed E-state index contributed by atoms with van der Waals surface area (Å²) < 4.78 is 5.54. The first-order chi connectivity index (χ1) is 11.8. The van der Waals surface area contributed by atoms with Crippen molar-refractivity contribution in [2.45, 2.75) is 50.4 Å². The first kappa shape index (κ1) is 17.0. The highest BCUT2D eigenvalue weighted by molar-refractivity contribution is 5.83. The maximum atomic E-state index is 12.7. The van der Waals surface area contributed by atoms with Crippen LogP contribution < -0.4 is 0 Å². The van der Waals surface area contributed by atoms with Gasteiger partial charge in [-0.2, -0.15) is 0 Å². The van der Waals surface area contributed by atoms with E-state index in [0.717, 1.165) is 50.9 Å². The summed E-state index contributed by atoms with van der Waals surface area (Å²) in [5.74, 6) is 6.07. The summed E-state index contributed by atoms with van der Waals surface area (Å²) >= 11 is 0. The molecule has 1 aromatic rings. The van der Waals surface area contributed by atoms with E-state index in [-0.39, 0.29) is 12.6 Å². The van der Waals surface area contributed by atoms with Crippen molar-refractivity contribution >= 4 is 5.97 Å². The molecule has 3 rings (SSSR count). The highest BCUT2D eigenvalue weighted by Crippen LogP contribution is 2.42. The molecule has 1 saturated heterocycles. The molecule has 0 amide bonds. The molecule has 0 N–H and O–H groups in total. The van der Waals surface area contributed by atoms with Gasteiger partial charge in [-0.3, -0.25) is 9.69 Å². The van der Waals surface area contributed by atoms with Crippen molar-refractivity contribution in [3.8, 4) is 11.8 Å². The van der Waals surface area contributed by atoms with E-state index in [1.165, 1.54) is 19.3 Å². The Labute approximate surface area is 145 Å². The van der Waals surface area contributed by atoms with E-state index in [2.05, 4.69) is 28.9 Å². The highest BCUT2D eigenvalue weighted by Gasteiger charge is 2.43. The number of rotatable bonds is 4. The van der Waals surface area contributed by atoms with Crippen LogP contribution in [-0.2, 0) is 14.9 Å². The number of hydrogen-bond acceptors (Lipinski definition) is 3. The molecule has 0 unspecified atom stereocenters. The van der Waals surface area contributed by atoms with Crippen LogP contribution in [0, 0.1) is 11.8 Å². The number of carbonyl (C=O) groups is 1. The summed E-state index contributed by atoms with van der Waals surface area (Å²) in [6, 6.07) is 10.1. The first-order valence-electron chi connectivity index (χ1n) is 9.22. The van der Waals surface area contributed by atoms with Gasteiger partial charge in [-0.1, -0.05) is 61.4 Å². The average molecular weight is 325 g/mol. The molecular formula is C21H27NO2. The smallest absolute Gasteiger partial charge is 0.317 e. The van der Waals surface area contributed by atoms with Crippen LogP contribution in [0.15, 0.2) is 30.3 Å². The number of nitrogens with zero attached hydrogens (tertiary/aromatic N) is 1. The average Bonchev–Trinajstić information content (AvgIpc) is 3.14. The zero-order valence-corrected chi connectivity index (χ0v) is 14.4. The van der Waals surface area contributed by atoms with Gasteiger partial charge in [0.05, 0.1) is 12.0 Å². The van der Waals surface area contributed by atoms with Crippen LogP contribution in [0.5, 0.6) is 0 Å². The van der Waals surface area contributed by atoms with Gasteiger partial charge in [0.1, 0.15) is 0 Å². The SMILES string of the molecule is O=C(OCC#CCN1CCCCC1)C1(c2ccccc2)CCCC1. The van der Waals surface area contributed by atoms with Crippen LogP contribution in [0.1, 0.15) is 50.5 Å². The Bertz CT molecular complexity index is 587. The lowest BCUT2D eigenvalue weighted by molar-refractivity contribution is -0.149. The maximum Gasteiger partial charge on any atom is 0.317 e. The van der Waals surface area contributed by atoms with Crippen LogP contribution in [0.3, 0.4) is 0 Å². The molecule has 0 aromatic heterocycles. The van der Waals surface area contributed by atoms with Crippen LogP contribution in [-0.4, -0.2) is 37.1 Å². The predicted molar refractivity (Wildman–Crippen MR) is 95.6 cm³/mol. The van der Waals surface area contributed by atoms with Gasteiger partial charge in [-0.15, -0.1) is 0 Å². The second-order valence-electron chi connectivity index (χ2n) is 6.92. The Morgan fingerprint density at radius 1 is 1.00 bits per heavy atom. The van der Waals surface area contributed by atoms with Crippen molar-refractivity contribution in [2.75, 3.05) is 26.2 Å². The Morgan fingerprint density at radius 3 is 2.42 bits per heavy atom. The third-order valence-corrected chi connectivity index (χ3v) is 5.33. The molecule has 0 radical (unpaired) electrons. The fourth-order valence-corrected chi connectivity index (χ4v) is 3.92. The molecule has 128 valence electrons. The Kier molecular flexibility index (Phi) is 5.93. The number of piperidine rings is 1. The number of esters is 1. The minimum Gasteiger partial charge on any atom is -0.452 e. The second-order valence-corrected chi connectivity index (χ2v) is 6.92. The third kappa shape index (κ3) is 3.99. The Morgan fingerprint density at radius 2 is 1.71 bits per heavy atom. The Balaban J connectivity index is 1.53. The summed E-state index contributed by atoms with van der Waals surface area (Å²) in [5, 5.41) is 0. The number of ether oxygens (including phenoxy) is 1. The normalized spacial score (nSPS) is 20.2. The lowest BCUT2D eigenvalue weighted by atomic mass is 9.79. The largest absolute Gasteiger partial charge is 0.452 e. The van der Waals surface area contributed by atoms with Crippen molar-refractivity contribution in [1.82, 2.24) is 4.90 Å². The van der Waals surface area contributed by atoms with E-state index < -0.39 is 5.41 Å². The molecule has 3 nitrogen and oxygen atoms in total. The van der Waals surface area contributed by atoms with Crippen molar-refractivity contribution in [3.63, 3.8) is 0 Å². The molecular weight excluding hydrogens is 298 g/mol. The fraction of sp³-hybridized carbons (Fsp3) is 0.571. The quantitative estimate of drug-likeness (QED) is 0.626. The van der Waals surface area contributed by atoms with E-state index in [1.54, 1.807) is 0 Å². The molecule has 1 aliphatic carbocycles. The molecule has 0 bridgehead atoms. The van der Waals surface area contributed by atoms with Gasteiger partial charge in [0.2, 0.25) is 0 Å². The minimum atomic E-state index is -0.449. The summed E-state index contributed by atoms with van der Waals surface area (Å²) in [7, 11) is 0. The number of benzene rings is 1. The molecule has 1 heterocycles. The summed E-state index contributed by atoms with van der Waals surface area (Å²) in [6.45, 7) is 3.29. The van der Waals surface area contributed by atoms with Gasteiger partial charge in [0, 0.05) is 0 Å². The number of likely N-dealkylation sites (tertiary alicyclic amines) is 1. The monoisotopic (exact) mass is 325 g/mol.